The fourth-order valence-corrected chi connectivity index (χ4v) is 3.81. The summed E-state index contributed by atoms with van der Waals surface area (Å²) >= 11 is 0. The molecule has 2 heterocycles. The molecule has 2 fully saturated rings. The average Bonchev–Trinajstić information content (AvgIpc) is 3.02. The molecule has 0 saturated carbocycles. The minimum Gasteiger partial charge on any atom is -0.299 e. The van der Waals surface area contributed by atoms with Gasteiger partial charge in [-0.3, -0.25) is 9.80 Å². The van der Waals surface area contributed by atoms with Gasteiger partial charge in [-0.25, -0.2) is 0 Å². The minimum atomic E-state index is 0.811. The molecular formula is C19H28N2. The zero-order valence-corrected chi connectivity index (χ0v) is 13.3. The molecule has 3 rings (SSSR count). The van der Waals surface area contributed by atoms with Crippen molar-refractivity contribution in [3.8, 4) is 0 Å². The van der Waals surface area contributed by atoms with Crippen molar-refractivity contribution < 1.29 is 0 Å². The molecular weight excluding hydrogens is 256 g/mol. The highest BCUT2D eigenvalue weighted by Gasteiger charge is 2.26. The Morgan fingerprint density at radius 3 is 2.62 bits per heavy atom. The molecule has 0 N–H and O–H groups in total. The Hall–Kier alpha value is -1.12. The number of rotatable bonds is 4. The first kappa shape index (κ1) is 14.8. The van der Waals surface area contributed by atoms with Crippen LogP contribution in [0.5, 0.6) is 0 Å². The number of hydrogen-bond donors (Lipinski definition) is 0. The Balaban J connectivity index is 1.55. The van der Waals surface area contributed by atoms with E-state index in [9.17, 15) is 0 Å². The van der Waals surface area contributed by atoms with Gasteiger partial charge in [0.25, 0.3) is 0 Å². The maximum Gasteiger partial charge on any atom is 0.0223 e. The van der Waals surface area contributed by atoms with Gasteiger partial charge in [0.05, 0.1) is 0 Å². The predicted octanol–water partition coefficient (Wildman–Crippen LogP) is 3.65. The molecule has 2 aliphatic heterocycles. The van der Waals surface area contributed by atoms with Gasteiger partial charge < -0.3 is 0 Å². The maximum absolute atomic E-state index is 2.72. The summed E-state index contributed by atoms with van der Waals surface area (Å²) in [6, 6.07) is 11.5. The summed E-state index contributed by atoms with van der Waals surface area (Å²) in [7, 11) is 0. The van der Waals surface area contributed by atoms with Crippen LogP contribution in [0.1, 0.15) is 38.2 Å². The zero-order valence-electron chi connectivity index (χ0n) is 13.3. The Morgan fingerprint density at radius 2 is 1.86 bits per heavy atom. The molecule has 2 heteroatoms. The van der Waals surface area contributed by atoms with Crippen LogP contribution in [-0.2, 0) is 0 Å². The van der Waals surface area contributed by atoms with E-state index in [1.165, 1.54) is 63.0 Å². The Labute approximate surface area is 129 Å². The van der Waals surface area contributed by atoms with Crippen molar-refractivity contribution in [3.05, 3.63) is 41.5 Å². The van der Waals surface area contributed by atoms with Crippen LogP contribution in [0.2, 0.25) is 0 Å². The molecule has 2 saturated heterocycles. The van der Waals surface area contributed by atoms with Gasteiger partial charge in [0, 0.05) is 19.1 Å². The molecule has 0 bridgehead atoms. The van der Waals surface area contributed by atoms with Crippen molar-refractivity contribution in [2.24, 2.45) is 0 Å². The molecule has 1 aromatic rings. The van der Waals surface area contributed by atoms with Crippen LogP contribution in [0.4, 0.5) is 0 Å². The molecule has 1 aromatic carbocycles. The molecule has 0 aromatic heterocycles. The van der Waals surface area contributed by atoms with Crippen LogP contribution in [0.15, 0.2) is 35.9 Å². The van der Waals surface area contributed by atoms with Gasteiger partial charge in [-0.15, -0.1) is 0 Å². The lowest BCUT2D eigenvalue weighted by Gasteiger charge is -2.37. The second kappa shape index (κ2) is 7.24. The summed E-state index contributed by atoms with van der Waals surface area (Å²) in [6.45, 7) is 8.59. The number of hydrogen-bond acceptors (Lipinski definition) is 2. The second-order valence-electron chi connectivity index (χ2n) is 6.68. The van der Waals surface area contributed by atoms with Crippen LogP contribution >= 0.6 is 0 Å². The van der Waals surface area contributed by atoms with E-state index in [4.69, 9.17) is 0 Å². The lowest BCUT2D eigenvalue weighted by molar-refractivity contribution is 0.122. The fourth-order valence-electron chi connectivity index (χ4n) is 3.81. The second-order valence-corrected chi connectivity index (χ2v) is 6.68. The molecule has 0 spiro atoms. The van der Waals surface area contributed by atoms with E-state index >= 15 is 0 Å². The predicted molar refractivity (Wildman–Crippen MR) is 90.4 cm³/mol. The van der Waals surface area contributed by atoms with Crippen molar-refractivity contribution >= 4 is 6.08 Å². The highest BCUT2D eigenvalue weighted by molar-refractivity contribution is 5.52. The molecule has 1 unspecified atom stereocenters. The summed E-state index contributed by atoms with van der Waals surface area (Å²) < 4.78 is 0. The summed E-state index contributed by atoms with van der Waals surface area (Å²) in [4.78, 5) is 5.38. The number of benzene rings is 1. The van der Waals surface area contributed by atoms with Gasteiger partial charge in [-0.1, -0.05) is 42.0 Å². The molecule has 114 valence electrons. The lowest BCUT2D eigenvalue weighted by atomic mass is 10.0. The van der Waals surface area contributed by atoms with Crippen molar-refractivity contribution in [2.45, 2.75) is 38.6 Å². The molecule has 2 aliphatic rings. The van der Waals surface area contributed by atoms with Gasteiger partial charge in [0.15, 0.2) is 0 Å². The summed E-state index contributed by atoms with van der Waals surface area (Å²) in [5.41, 5.74) is 2.80. The van der Waals surface area contributed by atoms with E-state index in [0.717, 1.165) is 12.6 Å². The first-order valence-electron chi connectivity index (χ1n) is 8.50. The first-order valence-corrected chi connectivity index (χ1v) is 8.50. The highest BCUT2D eigenvalue weighted by Crippen LogP contribution is 2.21. The first-order chi connectivity index (χ1) is 10.3. The van der Waals surface area contributed by atoms with Crippen molar-refractivity contribution in [1.82, 2.24) is 9.80 Å². The van der Waals surface area contributed by atoms with E-state index in [1.54, 1.807) is 0 Å². The lowest BCUT2D eigenvalue weighted by Crippen LogP contribution is -2.47. The highest BCUT2D eigenvalue weighted by atomic mass is 15.2. The van der Waals surface area contributed by atoms with Gasteiger partial charge in [0.2, 0.25) is 0 Å². The zero-order chi connectivity index (χ0) is 14.5. The van der Waals surface area contributed by atoms with E-state index in [1.807, 2.05) is 0 Å². The summed E-state index contributed by atoms with van der Waals surface area (Å²) in [5.74, 6) is 0. The van der Waals surface area contributed by atoms with Crippen LogP contribution in [0.3, 0.4) is 0 Å². The monoisotopic (exact) mass is 284 g/mol. The maximum atomic E-state index is 2.72. The van der Waals surface area contributed by atoms with Gasteiger partial charge in [-0.2, -0.15) is 0 Å². The third kappa shape index (κ3) is 4.18. The van der Waals surface area contributed by atoms with Crippen molar-refractivity contribution in [3.63, 3.8) is 0 Å². The molecule has 0 amide bonds. The van der Waals surface area contributed by atoms with Gasteiger partial charge in [-0.05, 0) is 57.8 Å². The number of likely N-dealkylation sites (tertiary alicyclic amines) is 2. The van der Waals surface area contributed by atoms with E-state index < -0.39 is 0 Å². The topological polar surface area (TPSA) is 6.48 Å². The molecule has 0 radical (unpaired) electrons. The quantitative estimate of drug-likeness (QED) is 0.832. The number of piperidine rings is 1. The Kier molecular flexibility index (Phi) is 5.10. The average molecular weight is 284 g/mol. The normalized spacial score (nSPS) is 25.4. The van der Waals surface area contributed by atoms with E-state index in [2.05, 4.69) is 53.1 Å². The van der Waals surface area contributed by atoms with E-state index in [-0.39, 0.29) is 0 Å². The third-order valence-corrected chi connectivity index (χ3v) is 4.82. The van der Waals surface area contributed by atoms with Crippen LogP contribution < -0.4 is 0 Å². The number of nitrogens with zero attached hydrogens (tertiary/aromatic N) is 2. The van der Waals surface area contributed by atoms with Crippen LogP contribution in [-0.4, -0.2) is 48.6 Å². The van der Waals surface area contributed by atoms with E-state index in [0.29, 0.717) is 0 Å². The smallest absolute Gasteiger partial charge is 0.0223 e. The summed E-state index contributed by atoms with van der Waals surface area (Å²) in [6.07, 6.45) is 7.91. The molecule has 1 atom stereocenters. The molecule has 0 aliphatic carbocycles. The fraction of sp³-hybridized carbons (Fsp3) is 0.579. The Bertz CT molecular complexity index is 460. The van der Waals surface area contributed by atoms with Crippen molar-refractivity contribution in [1.29, 1.82) is 0 Å². The Morgan fingerprint density at radius 1 is 1.10 bits per heavy atom. The third-order valence-electron chi connectivity index (χ3n) is 4.82. The largest absolute Gasteiger partial charge is 0.299 e. The van der Waals surface area contributed by atoms with Gasteiger partial charge in [0.1, 0.15) is 0 Å². The van der Waals surface area contributed by atoms with Gasteiger partial charge >= 0.3 is 0 Å². The van der Waals surface area contributed by atoms with Crippen LogP contribution in [0.25, 0.3) is 6.08 Å². The standard InChI is InChI=1S/C19H28N2/c1-17(14-18-8-3-2-4-9-18)15-20-11-7-10-19(16-20)21-12-5-6-13-21/h2-4,8-9,14,19H,5-7,10-13,15-16H2,1H3. The summed E-state index contributed by atoms with van der Waals surface area (Å²) in [5, 5.41) is 0. The molecule has 21 heavy (non-hydrogen) atoms. The van der Waals surface area contributed by atoms with Crippen molar-refractivity contribution in [2.75, 3.05) is 32.7 Å². The SMILES string of the molecule is CC(=Cc1ccccc1)CN1CCCC(N2CCCC2)C1. The van der Waals surface area contributed by atoms with Crippen LogP contribution in [0, 0.1) is 0 Å². The molecule has 2 nitrogen and oxygen atoms in total. The minimum absolute atomic E-state index is 0.811.